The van der Waals surface area contributed by atoms with Gasteiger partial charge in [-0.3, -0.25) is 0 Å². The quantitative estimate of drug-likeness (QED) is 0.260. The second-order valence-corrected chi connectivity index (χ2v) is 8.92. The summed E-state index contributed by atoms with van der Waals surface area (Å²) >= 11 is 0. The average molecular weight is 415 g/mol. The summed E-state index contributed by atoms with van der Waals surface area (Å²) in [6, 6.07) is 20.5. The first kappa shape index (κ1) is 21.0. The van der Waals surface area contributed by atoms with Crippen LogP contribution in [0.25, 0.3) is 32.9 Å². The van der Waals surface area contributed by atoms with Gasteiger partial charge in [0.15, 0.2) is 0 Å². The predicted octanol–water partition coefficient (Wildman–Crippen LogP) is 7.16. The van der Waals surface area contributed by atoms with Crippen LogP contribution in [-0.4, -0.2) is 23.1 Å². The molecule has 1 aromatic heterocycles. The second kappa shape index (κ2) is 8.46. The number of carbonyl (C=O) groups excluding carboxylic acids is 1. The van der Waals surface area contributed by atoms with Crippen LogP contribution in [0.2, 0.25) is 0 Å². The SMILES string of the molecule is CCCCNc1cc(-c2ccccc2)c2[nH]c3ccccc3c2c1C(=O)OC(C)(C)C. The molecule has 3 aromatic carbocycles. The molecule has 0 amide bonds. The fraction of sp³-hybridized carbons (Fsp3) is 0.296. The van der Waals surface area contributed by atoms with Crippen LogP contribution in [0.3, 0.4) is 0 Å². The maximum Gasteiger partial charge on any atom is 0.341 e. The zero-order chi connectivity index (χ0) is 22.0. The molecule has 160 valence electrons. The number of unbranched alkanes of at least 4 members (excludes halogenated alkanes) is 1. The zero-order valence-corrected chi connectivity index (χ0v) is 18.7. The first-order valence-corrected chi connectivity index (χ1v) is 11.0. The Morgan fingerprint density at radius 3 is 2.45 bits per heavy atom. The Balaban J connectivity index is 2.04. The van der Waals surface area contributed by atoms with E-state index in [1.54, 1.807) is 0 Å². The lowest BCUT2D eigenvalue weighted by atomic mass is 9.96. The van der Waals surface area contributed by atoms with Gasteiger partial charge in [-0.25, -0.2) is 4.79 Å². The lowest BCUT2D eigenvalue weighted by molar-refractivity contribution is 0.00730. The van der Waals surface area contributed by atoms with Gasteiger partial charge in [0.1, 0.15) is 5.60 Å². The van der Waals surface area contributed by atoms with Crippen molar-refractivity contribution in [1.82, 2.24) is 4.98 Å². The monoisotopic (exact) mass is 414 g/mol. The Morgan fingerprint density at radius 1 is 1.03 bits per heavy atom. The number of hydrogen-bond donors (Lipinski definition) is 2. The number of esters is 1. The molecule has 4 nitrogen and oxygen atoms in total. The number of aromatic amines is 1. The largest absolute Gasteiger partial charge is 0.456 e. The van der Waals surface area contributed by atoms with E-state index in [0.717, 1.165) is 58.0 Å². The topological polar surface area (TPSA) is 54.1 Å². The van der Waals surface area contributed by atoms with Gasteiger partial charge in [-0.1, -0.05) is 61.9 Å². The predicted molar refractivity (Wildman–Crippen MR) is 130 cm³/mol. The summed E-state index contributed by atoms with van der Waals surface area (Å²) < 4.78 is 5.85. The standard InChI is InChI=1S/C27H30N2O2/c1-5-6-16-28-22-17-20(18-12-8-7-9-13-18)25-23(19-14-10-11-15-21(19)29-25)24(22)26(30)31-27(2,3)4/h7-15,17,28-29H,5-6,16H2,1-4H3. The number of rotatable bonds is 6. The van der Waals surface area contributed by atoms with E-state index in [4.69, 9.17) is 4.74 Å². The molecule has 31 heavy (non-hydrogen) atoms. The van der Waals surface area contributed by atoms with E-state index in [1.165, 1.54) is 0 Å². The minimum atomic E-state index is -0.575. The number of fused-ring (bicyclic) bond motifs is 3. The van der Waals surface area contributed by atoms with Crippen molar-refractivity contribution >= 4 is 33.5 Å². The van der Waals surface area contributed by atoms with Crippen LogP contribution >= 0.6 is 0 Å². The van der Waals surface area contributed by atoms with Gasteiger partial charge in [0.2, 0.25) is 0 Å². The summed E-state index contributed by atoms with van der Waals surface area (Å²) in [5.41, 5.74) is 4.97. The highest BCUT2D eigenvalue weighted by Crippen LogP contribution is 2.40. The van der Waals surface area contributed by atoms with E-state index in [1.807, 2.05) is 57.2 Å². The molecule has 0 aliphatic heterocycles. The minimum absolute atomic E-state index is 0.305. The highest BCUT2D eigenvalue weighted by Gasteiger charge is 2.26. The zero-order valence-electron chi connectivity index (χ0n) is 18.7. The lowest BCUT2D eigenvalue weighted by Crippen LogP contribution is -2.25. The fourth-order valence-corrected chi connectivity index (χ4v) is 3.95. The number of ether oxygens (including phenoxy) is 1. The number of para-hydroxylation sites is 1. The molecule has 0 bridgehead atoms. The van der Waals surface area contributed by atoms with Crippen molar-refractivity contribution in [3.8, 4) is 11.1 Å². The van der Waals surface area contributed by atoms with Gasteiger partial charge in [0.25, 0.3) is 0 Å². The van der Waals surface area contributed by atoms with Gasteiger partial charge in [0, 0.05) is 28.4 Å². The number of carbonyl (C=O) groups is 1. The Hall–Kier alpha value is -3.27. The second-order valence-electron chi connectivity index (χ2n) is 8.92. The highest BCUT2D eigenvalue weighted by molar-refractivity contribution is 6.22. The molecule has 4 rings (SSSR count). The van der Waals surface area contributed by atoms with Crippen molar-refractivity contribution in [2.24, 2.45) is 0 Å². The van der Waals surface area contributed by atoms with Crippen LogP contribution in [0.5, 0.6) is 0 Å². The molecule has 0 spiro atoms. The number of benzene rings is 3. The van der Waals surface area contributed by atoms with E-state index >= 15 is 0 Å². The number of hydrogen-bond acceptors (Lipinski definition) is 3. The first-order chi connectivity index (χ1) is 14.9. The van der Waals surface area contributed by atoms with Gasteiger partial charge in [0.05, 0.1) is 16.8 Å². The van der Waals surface area contributed by atoms with E-state index < -0.39 is 5.60 Å². The van der Waals surface area contributed by atoms with E-state index in [9.17, 15) is 4.79 Å². The molecule has 0 unspecified atom stereocenters. The van der Waals surface area contributed by atoms with Crippen molar-refractivity contribution in [2.75, 3.05) is 11.9 Å². The molecule has 1 heterocycles. The highest BCUT2D eigenvalue weighted by atomic mass is 16.6. The number of nitrogens with one attached hydrogen (secondary N) is 2. The smallest absolute Gasteiger partial charge is 0.341 e. The molecule has 0 saturated heterocycles. The molecule has 4 heteroatoms. The third-order valence-electron chi connectivity index (χ3n) is 5.32. The molecule has 0 aliphatic rings. The van der Waals surface area contributed by atoms with Crippen LogP contribution in [0.4, 0.5) is 5.69 Å². The summed E-state index contributed by atoms with van der Waals surface area (Å²) in [5.74, 6) is -0.305. The van der Waals surface area contributed by atoms with Crippen LogP contribution in [0.1, 0.15) is 50.9 Å². The first-order valence-electron chi connectivity index (χ1n) is 11.0. The molecule has 0 aliphatic carbocycles. The summed E-state index contributed by atoms with van der Waals surface area (Å²) in [4.78, 5) is 17.0. The molecule has 4 aromatic rings. The molecule has 0 radical (unpaired) electrons. The summed E-state index contributed by atoms with van der Waals surface area (Å²) in [6.45, 7) is 8.67. The summed E-state index contributed by atoms with van der Waals surface area (Å²) in [6.07, 6.45) is 2.11. The van der Waals surface area contributed by atoms with Gasteiger partial charge in [-0.05, 0) is 44.9 Å². The normalized spacial score (nSPS) is 11.7. The Bertz CT molecular complexity index is 1220. The molecule has 0 atom stereocenters. The van der Waals surface area contributed by atoms with E-state index in [0.29, 0.717) is 5.56 Å². The average Bonchev–Trinajstić information content (AvgIpc) is 3.12. The molecular weight excluding hydrogens is 384 g/mol. The van der Waals surface area contributed by atoms with E-state index in [2.05, 4.69) is 41.5 Å². The third-order valence-corrected chi connectivity index (χ3v) is 5.32. The Kier molecular flexibility index (Phi) is 5.73. The fourth-order valence-electron chi connectivity index (χ4n) is 3.95. The molecular formula is C27H30N2O2. The maximum atomic E-state index is 13.4. The molecule has 0 fully saturated rings. The van der Waals surface area contributed by atoms with Crippen molar-refractivity contribution in [2.45, 2.75) is 46.1 Å². The Morgan fingerprint density at radius 2 is 1.74 bits per heavy atom. The molecule has 0 saturated carbocycles. The number of H-pyrrole nitrogens is 1. The number of anilines is 1. The van der Waals surface area contributed by atoms with Crippen LogP contribution in [-0.2, 0) is 4.74 Å². The van der Waals surface area contributed by atoms with Gasteiger partial charge >= 0.3 is 5.97 Å². The van der Waals surface area contributed by atoms with Crippen LogP contribution < -0.4 is 5.32 Å². The van der Waals surface area contributed by atoms with Crippen molar-refractivity contribution in [3.63, 3.8) is 0 Å². The Labute approximate surface area is 183 Å². The van der Waals surface area contributed by atoms with Crippen molar-refractivity contribution in [3.05, 3.63) is 66.2 Å². The van der Waals surface area contributed by atoms with Gasteiger partial charge in [-0.15, -0.1) is 0 Å². The van der Waals surface area contributed by atoms with Gasteiger partial charge < -0.3 is 15.0 Å². The summed E-state index contributed by atoms with van der Waals surface area (Å²) in [5, 5.41) is 5.45. The van der Waals surface area contributed by atoms with Crippen LogP contribution in [0.15, 0.2) is 60.7 Å². The van der Waals surface area contributed by atoms with Gasteiger partial charge in [-0.2, -0.15) is 0 Å². The van der Waals surface area contributed by atoms with Crippen molar-refractivity contribution < 1.29 is 9.53 Å². The van der Waals surface area contributed by atoms with Crippen LogP contribution in [0, 0.1) is 0 Å². The number of aromatic nitrogens is 1. The maximum absolute atomic E-state index is 13.4. The summed E-state index contributed by atoms with van der Waals surface area (Å²) in [7, 11) is 0. The van der Waals surface area contributed by atoms with E-state index in [-0.39, 0.29) is 5.97 Å². The third kappa shape index (κ3) is 4.29. The minimum Gasteiger partial charge on any atom is -0.456 e. The van der Waals surface area contributed by atoms with Crippen molar-refractivity contribution in [1.29, 1.82) is 0 Å². The molecule has 2 N–H and O–H groups in total. The lowest BCUT2D eigenvalue weighted by Gasteiger charge is -2.22.